The molecule has 1 amide bonds. The molecule has 6 nitrogen and oxygen atoms in total. The van der Waals surface area contributed by atoms with Gasteiger partial charge in [0.25, 0.3) is 0 Å². The van der Waals surface area contributed by atoms with Crippen molar-refractivity contribution in [2.45, 2.75) is 277 Å². The minimum Gasteiger partial charge on any atom is -0.462 e. The smallest absolute Gasteiger partial charge is 0.306 e. The molecule has 0 saturated carbocycles. The van der Waals surface area contributed by atoms with Crippen molar-refractivity contribution in [1.82, 2.24) is 5.32 Å². The van der Waals surface area contributed by atoms with E-state index in [1.54, 1.807) is 0 Å². The van der Waals surface area contributed by atoms with E-state index in [0.29, 0.717) is 19.3 Å². The van der Waals surface area contributed by atoms with E-state index in [-0.39, 0.29) is 24.9 Å². The predicted octanol–water partition coefficient (Wildman–Crippen LogP) is 16.0. The van der Waals surface area contributed by atoms with Crippen LogP contribution >= 0.6 is 0 Å². The minimum absolute atomic E-state index is 0.0475. The molecule has 0 aromatic carbocycles. The highest BCUT2D eigenvalue weighted by atomic mass is 16.5. The lowest BCUT2D eigenvalue weighted by Crippen LogP contribution is -2.46. The van der Waals surface area contributed by atoms with Crippen LogP contribution in [0.5, 0.6) is 0 Å². The number of rotatable bonds is 47. The fourth-order valence-electron chi connectivity index (χ4n) is 7.91. The number of aliphatic hydroxyl groups excluding tert-OH is 2. The summed E-state index contributed by atoms with van der Waals surface area (Å²) < 4.78 is 5.92. The number of ether oxygens (including phenoxy) is 1. The number of carbonyl (C=O) groups is 2. The largest absolute Gasteiger partial charge is 0.462 e. The van der Waals surface area contributed by atoms with Crippen LogP contribution in [0.15, 0.2) is 60.8 Å². The lowest BCUT2D eigenvalue weighted by molar-refractivity contribution is -0.151. The molecular formula is C56H101NO5. The second-order valence-electron chi connectivity index (χ2n) is 18.0. The fourth-order valence-corrected chi connectivity index (χ4v) is 7.91. The van der Waals surface area contributed by atoms with Crippen molar-refractivity contribution in [2.75, 3.05) is 6.61 Å². The molecule has 0 aromatic rings. The van der Waals surface area contributed by atoms with Gasteiger partial charge in [-0.25, -0.2) is 0 Å². The maximum absolute atomic E-state index is 13.2. The Morgan fingerprint density at radius 2 is 0.887 bits per heavy atom. The molecule has 0 heterocycles. The number of allylic oxidation sites excluding steroid dienone is 10. The topological polar surface area (TPSA) is 95.9 Å². The highest BCUT2D eigenvalue weighted by Crippen LogP contribution is 2.17. The molecule has 6 heteroatoms. The normalized spacial score (nSPS) is 13.7. The summed E-state index contributed by atoms with van der Waals surface area (Å²) in [7, 11) is 0. The van der Waals surface area contributed by atoms with E-state index in [4.69, 9.17) is 4.74 Å². The van der Waals surface area contributed by atoms with Crippen molar-refractivity contribution >= 4 is 11.9 Å². The quantitative estimate of drug-likeness (QED) is 0.0245. The zero-order valence-electron chi connectivity index (χ0n) is 41.0. The number of hydrogen-bond donors (Lipinski definition) is 3. The van der Waals surface area contributed by atoms with Gasteiger partial charge in [-0.1, -0.05) is 236 Å². The molecule has 0 spiro atoms. The predicted molar refractivity (Wildman–Crippen MR) is 268 cm³/mol. The van der Waals surface area contributed by atoms with Gasteiger partial charge in [0.2, 0.25) is 5.91 Å². The summed E-state index contributed by atoms with van der Waals surface area (Å²) in [5.41, 5.74) is 0. The van der Waals surface area contributed by atoms with Gasteiger partial charge in [0.1, 0.15) is 6.10 Å². The van der Waals surface area contributed by atoms with Crippen molar-refractivity contribution in [2.24, 2.45) is 0 Å². The summed E-state index contributed by atoms with van der Waals surface area (Å²) in [4.78, 5) is 26.2. The Bertz CT molecular complexity index is 1110. The third-order valence-corrected chi connectivity index (χ3v) is 11.9. The number of esters is 1. The van der Waals surface area contributed by atoms with Crippen LogP contribution in [0.3, 0.4) is 0 Å². The monoisotopic (exact) mass is 868 g/mol. The van der Waals surface area contributed by atoms with Crippen molar-refractivity contribution < 1.29 is 24.5 Å². The average Bonchev–Trinajstić information content (AvgIpc) is 3.26. The molecule has 0 rings (SSSR count). The summed E-state index contributed by atoms with van der Waals surface area (Å²) in [5.74, 6) is -0.520. The molecule has 0 aromatic heterocycles. The first-order chi connectivity index (χ1) is 30.5. The van der Waals surface area contributed by atoms with E-state index in [1.807, 2.05) is 24.3 Å². The van der Waals surface area contributed by atoms with Crippen molar-refractivity contribution in [1.29, 1.82) is 0 Å². The van der Waals surface area contributed by atoms with E-state index in [9.17, 15) is 19.8 Å². The second kappa shape index (κ2) is 49.6. The molecule has 0 fully saturated rings. The standard InChI is InChI=1S/C56H101NO5/c1-4-7-10-13-16-19-22-25-26-27-28-29-31-34-37-40-43-46-49-56(61)62-52(47-44-41-38-35-32-30-23-20-17-14-11-8-5-2)50-55(60)57-53(51-58)54(59)48-45-42-39-36-33-24-21-18-15-12-9-6-3/h8,11,14,17,20,23,28-30,32,52-54,58-59H,4-7,9-10,12-13,15-16,18-19,21-22,24-27,31,33-51H2,1-3H3,(H,57,60)/b11-8+,17-14+,23-20+,29-28+,32-30-. The Balaban J connectivity index is 4.60. The Kier molecular flexibility index (Phi) is 47.6. The summed E-state index contributed by atoms with van der Waals surface area (Å²) in [6.45, 7) is 6.34. The molecule has 0 saturated heterocycles. The number of unbranched alkanes of at least 4 members (excludes halogenated alkanes) is 28. The van der Waals surface area contributed by atoms with Gasteiger partial charge in [-0.3, -0.25) is 9.59 Å². The van der Waals surface area contributed by atoms with Gasteiger partial charge in [-0.15, -0.1) is 0 Å². The van der Waals surface area contributed by atoms with Gasteiger partial charge in [-0.05, 0) is 70.6 Å². The highest BCUT2D eigenvalue weighted by molar-refractivity contribution is 5.77. The SMILES string of the molecule is CC/C=C/C=C/C=C/C=C\CCCCCC(CC(=O)NC(CO)C(O)CCCCCCCCCCCCCC)OC(=O)CCCCCCC/C=C/CCCCCCCCCCC. The van der Waals surface area contributed by atoms with Gasteiger partial charge < -0.3 is 20.3 Å². The Labute approximate surface area is 384 Å². The molecule has 0 bridgehead atoms. The number of carbonyl (C=O) groups excluding carboxylic acids is 2. The average molecular weight is 868 g/mol. The van der Waals surface area contributed by atoms with E-state index in [2.05, 4.69) is 62.5 Å². The lowest BCUT2D eigenvalue weighted by atomic mass is 10.0. The molecule has 0 aliphatic rings. The van der Waals surface area contributed by atoms with Crippen LogP contribution in [0.1, 0.15) is 258 Å². The third-order valence-electron chi connectivity index (χ3n) is 11.9. The van der Waals surface area contributed by atoms with Gasteiger partial charge in [-0.2, -0.15) is 0 Å². The summed E-state index contributed by atoms with van der Waals surface area (Å²) in [6.07, 6.45) is 61.4. The van der Waals surface area contributed by atoms with Crippen LogP contribution < -0.4 is 5.32 Å². The molecular weight excluding hydrogens is 767 g/mol. The van der Waals surface area contributed by atoms with Crippen LogP contribution in [-0.4, -0.2) is 46.9 Å². The third kappa shape index (κ3) is 44.2. The molecule has 0 aliphatic heterocycles. The van der Waals surface area contributed by atoms with Gasteiger partial charge >= 0.3 is 5.97 Å². The van der Waals surface area contributed by atoms with E-state index >= 15 is 0 Å². The van der Waals surface area contributed by atoms with Crippen LogP contribution in [0, 0.1) is 0 Å². The minimum atomic E-state index is -0.801. The summed E-state index contributed by atoms with van der Waals surface area (Å²) in [5, 5.41) is 23.7. The van der Waals surface area contributed by atoms with Crippen LogP contribution in [0.2, 0.25) is 0 Å². The van der Waals surface area contributed by atoms with Gasteiger partial charge in [0, 0.05) is 6.42 Å². The number of hydrogen-bond acceptors (Lipinski definition) is 5. The molecule has 0 radical (unpaired) electrons. The number of aliphatic hydroxyl groups is 2. The molecule has 3 N–H and O–H groups in total. The van der Waals surface area contributed by atoms with Crippen LogP contribution in [-0.2, 0) is 14.3 Å². The fraction of sp³-hybridized carbons (Fsp3) is 0.786. The Hall–Kier alpha value is -2.44. The first-order valence-corrected chi connectivity index (χ1v) is 26.6. The van der Waals surface area contributed by atoms with Crippen molar-refractivity contribution in [3.05, 3.63) is 60.8 Å². The first kappa shape index (κ1) is 59.6. The molecule has 3 atom stereocenters. The summed E-state index contributed by atoms with van der Waals surface area (Å²) >= 11 is 0. The van der Waals surface area contributed by atoms with Gasteiger partial charge in [0.15, 0.2) is 0 Å². The molecule has 0 aliphatic carbocycles. The summed E-state index contributed by atoms with van der Waals surface area (Å²) in [6, 6.07) is -0.717. The molecule has 3 unspecified atom stereocenters. The maximum atomic E-state index is 13.2. The number of amides is 1. The molecule has 360 valence electrons. The van der Waals surface area contributed by atoms with Gasteiger partial charge in [0.05, 0.1) is 25.2 Å². The number of nitrogens with one attached hydrogen (secondary N) is 1. The first-order valence-electron chi connectivity index (χ1n) is 26.6. The zero-order valence-corrected chi connectivity index (χ0v) is 41.0. The lowest BCUT2D eigenvalue weighted by Gasteiger charge is -2.24. The Morgan fingerprint density at radius 1 is 0.484 bits per heavy atom. The van der Waals surface area contributed by atoms with Crippen LogP contribution in [0.4, 0.5) is 0 Å². The molecule has 62 heavy (non-hydrogen) atoms. The Morgan fingerprint density at radius 3 is 1.39 bits per heavy atom. The van der Waals surface area contributed by atoms with Crippen LogP contribution in [0.25, 0.3) is 0 Å². The maximum Gasteiger partial charge on any atom is 0.306 e. The highest BCUT2D eigenvalue weighted by Gasteiger charge is 2.24. The van der Waals surface area contributed by atoms with E-state index in [1.165, 1.54) is 135 Å². The van der Waals surface area contributed by atoms with Crippen molar-refractivity contribution in [3.8, 4) is 0 Å². The second-order valence-corrected chi connectivity index (χ2v) is 18.0. The van der Waals surface area contributed by atoms with Crippen molar-refractivity contribution in [3.63, 3.8) is 0 Å². The zero-order chi connectivity index (χ0) is 45.2. The van der Waals surface area contributed by atoms with E-state index < -0.39 is 18.2 Å². The van der Waals surface area contributed by atoms with E-state index in [0.717, 1.165) is 77.0 Å².